The predicted octanol–water partition coefficient (Wildman–Crippen LogP) is 1.30. The van der Waals surface area contributed by atoms with Crippen LogP contribution in [0.1, 0.15) is 28.8 Å². The molecule has 0 saturated carbocycles. The molecule has 1 aliphatic rings. The minimum Gasteiger partial charge on any atom is -0.381 e. The summed E-state index contributed by atoms with van der Waals surface area (Å²) >= 11 is 0. The van der Waals surface area contributed by atoms with E-state index >= 15 is 0 Å². The average molecular weight is 248 g/mol. The summed E-state index contributed by atoms with van der Waals surface area (Å²) in [5.41, 5.74) is 6.92. The third kappa shape index (κ3) is 3.82. The van der Waals surface area contributed by atoms with Crippen LogP contribution in [0, 0.1) is 5.92 Å². The molecule has 4 heteroatoms. The molecule has 0 aliphatic carbocycles. The highest BCUT2D eigenvalue weighted by atomic mass is 16.5. The predicted molar refractivity (Wildman–Crippen MR) is 70.2 cm³/mol. The van der Waals surface area contributed by atoms with Crippen molar-refractivity contribution in [3.63, 3.8) is 0 Å². The first-order valence-corrected chi connectivity index (χ1v) is 6.43. The van der Waals surface area contributed by atoms with Crippen molar-refractivity contribution in [2.75, 3.05) is 19.8 Å². The molecule has 1 aliphatic heterocycles. The van der Waals surface area contributed by atoms with Crippen molar-refractivity contribution < 1.29 is 9.53 Å². The second-order valence-corrected chi connectivity index (χ2v) is 4.76. The van der Waals surface area contributed by atoms with Gasteiger partial charge in [0.15, 0.2) is 0 Å². The molecule has 1 heterocycles. The van der Waals surface area contributed by atoms with Gasteiger partial charge in [-0.15, -0.1) is 0 Å². The fourth-order valence-corrected chi connectivity index (χ4v) is 2.14. The molecule has 1 fully saturated rings. The lowest BCUT2D eigenvalue weighted by Crippen LogP contribution is -2.18. The molecule has 0 bridgehead atoms. The van der Waals surface area contributed by atoms with Crippen LogP contribution in [0.3, 0.4) is 0 Å². The fraction of sp³-hybridized carbons (Fsp3) is 0.500. The molecule has 0 spiro atoms. The highest BCUT2D eigenvalue weighted by Crippen LogP contribution is 2.15. The van der Waals surface area contributed by atoms with Crippen molar-refractivity contribution in [1.29, 1.82) is 0 Å². The van der Waals surface area contributed by atoms with Crippen LogP contribution in [0.4, 0.5) is 0 Å². The molecule has 4 nitrogen and oxygen atoms in total. The number of rotatable bonds is 6. The lowest BCUT2D eigenvalue weighted by Gasteiger charge is -2.08. The third-order valence-electron chi connectivity index (χ3n) is 3.32. The number of hydrogen-bond donors (Lipinski definition) is 2. The molecule has 3 N–H and O–H groups in total. The number of carbonyl (C=O) groups is 1. The van der Waals surface area contributed by atoms with E-state index in [1.54, 1.807) is 12.1 Å². The lowest BCUT2D eigenvalue weighted by molar-refractivity contribution is 0.100. The summed E-state index contributed by atoms with van der Waals surface area (Å²) in [6, 6.07) is 7.41. The van der Waals surface area contributed by atoms with Crippen molar-refractivity contribution in [3.8, 4) is 0 Å². The van der Waals surface area contributed by atoms with Crippen molar-refractivity contribution in [2.24, 2.45) is 11.7 Å². The molecule has 2 rings (SSSR count). The Kier molecular flexibility index (Phi) is 4.73. The number of ether oxygens (including phenoxy) is 1. The smallest absolute Gasteiger partial charge is 0.248 e. The second-order valence-electron chi connectivity index (χ2n) is 4.76. The van der Waals surface area contributed by atoms with Crippen LogP contribution >= 0.6 is 0 Å². The first-order valence-electron chi connectivity index (χ1n) is 6.43. The second kappa shape index (κ2) is 6.52. The van der Waals surface area contributed by atoms with Crippen LogP contribution in [-0.4, -0.2) is 25.7 Å². The SMILES string of the molecule is NC(=O)c1ccc(CNCCC2CCOC2)cc1. The minimum atomic E-state index is -0.379. The van der Waals surface area contributed by atoms with Crippen molar-refractivity contribution >= 4 is 5.91 Å². The van der Waals surface area contributed by atoms with E-state index in [1.165, 1.54) is 18.4 Å². The van der Waals surface area contributed by atoms with Gasteiger partial charge in [-0.1, -0.05) is 12.1 Å². The Labute approximate surface area is 108 Å². The topological polar surface area (TPSA) is 64.4 Å². The maximum absolute atomic E-state index is 10.9. The lowest BCUT2D eigenvalue weighted by atomic mass is 10.1. The van der Waals surface area contributed by atoms with Gasteiger partial charge < -0.3 is 15.8 Å². The number of benzene rings is 1. The quantitative estimate of drug-likeness (QED) is 0.746. The summed E-state index contributed by atoms with van der Waals surface area (Å²) in [5, 5.41) is 3.41. The maximum Gasteiger partial charge on any atom is 0.248 e. The minimum absolute atomic E-state index is 0.379. The standard InChI is InChI=1S/C14H20N2O2/c15-14(17)13-3-1-11(2-4-13)9-16-7-5-12-6-8-18-10-12/h1-4,12,16H,5-10H2,(H2,15,17). The molecule has 1 unspecified atom stereocenters. The summed E-state index contributed by atoms with van der Waals surface area (Å²) < 4.78 is 5.34. The van der Waals surface area contributed by atoms with Gasteiger partial charge in [-0.3, -0.25) is 4.79 Å². The summed E-state index contributed by atoms with van der Waals surface area (Å²) in [5.74, 6) is 0.338. The van der Waals surface area contributed by atoms with E-state index in [2.05, 4.69) is 5.32 Å². The van der Waals surface area contributed by atoms with Crippen LogP contribution in [0.2, 0.25) is 0 Å². The number of amides is 1. The Balaban J connectivity index is 1.68. The normalized spacial score (nSPS) is 19.0. The van der Waals surface area contributed by atoms with Gasteiger partial charge >= 0.3 is 0 Å². The van der Waals surface area contributed by atoms with Gasteiger partial charge in [-0.05, 0) is 43.0 Å². The van der Waals surface area contributed by atoms with Gasteiger partial charge in [0.25, 0.3) is 0 Å². The Morgan fingerprint density at radius 1 is 1.39 bits per heavy atom. The molecule has 1 aromatic rings. The van der Waals surface area contributed by atoms with E-state index in [9.17, 15) is 4.79 Å². The Morgan fingerprint density at radius 2 is 2.17 bits per heavy atom. The first-order chi connectivity index (χ1) is 8.75. The average Bonchev–Trinajstić information content (AvgIpc) is 2.88. The maximum atomic E-state index is 10.9. The monoisotopic (exact) mass is 248 g/mol. The van der Waals surface area contributed by atoms with Gasteiger partial charge in [-0.25, -0.2) is 0 Å². The zero-order valence-electron chi connectivity index (χ0n) is 10.5. The summed E-state index contributed by atoms with van der Waals surface area (Å²) in [6.07, 6.45) is 2.36. The summed E-state index contributed by atoms with van der Waals surface area (Å²) in [4.78, 5) is 10.9. The van der Waals surface area contributed by atoms with Crippen LogP contribution < -0.4 is 11.1 Å². The van der Waals surface area contributed by atoms with Crippen molar-refractivity contribution in [2.45, 2.75) is 19.4 Å². The van der Waals surface area contributed by atoms with Crippen molar-refractivity contribution in [3.05, 3.63) is 35.4 Å². The molecular formula is C14H20N2O2. The van der Waals surface area contributed by atoms with Gasteiger partial charge in [0.2, 0.25) is 5.91 Å². The summed E-state index contributed by atoms with van der Waals surface area (Å²) in [7, 11) is 0. The zero-order valence-corrected chi connectivity index (χ0v) is 10.5. The van der Waals surface area contributed by atoms with Crippen LogP contribution in [0.15, 0.2) is 24.3 Å². The molecule has 0 aromatic heterocycles. The molecular weight excluding hydrogens is 228 g/mol. The molecule has 18 heavy (non-hydrogen) atoms. The molecule has 98 valence electrons. The largest absolute Gasteiger partial charge is 0.381 e. The fourth-order valence-electron chi connectivity index (χ4n) is 2.14. The number of primary amides is 1. The number of nitrogens with one attached hydrogen (secondary N) is 1. The van der Waals surface area contributed by atoms with Crippen molar-refractivity contribution in [1.82, 2.24) is 5.32 Å². The molecule has 1 amide bonds. The highest BCUT2D eigenvalue weighted by molar-refractivity contribution is 5.92. The Morgan fingerprint density at radius 3 is 2.78 bits per heavy atom. The van der Waals surface area contributed by atoms with E-state index in [1.807, 2.05) is 12.1 Å². The number of hydrogen-bond acceptors (Lipinski definition) is 3. The van der Waals surface area contributed by atoms with Crippen LogP contribution in [-0.2, 0) is 11.3 Å². The van der Waals surface area contributed by atoms with E-state index in [0.29, 0.717) is 5.56 Å². The Bertz CT molecular complexity index is 383. The van der Waals surface area contributed by atoms with Gasteiger partial charge in [0, 0.05) is 25.3 Å². The van der Waals surface area contributed by atoms with Gasteiger partial charge in [-0.2, -0.15) is 0 Å². The third-order valence-corrected chi connectivity index (χ3v) is 3.32. The molecule has 1 saturated heterocycles. The zero-order chi connectivity index (χ0) is 12.8. The van der Waals surface area contributed by atoms with Gasteiger partial charge in [0.05, 0.1) is 0 Å². The van der Waals surface area contributed by atoms with E-state index < -0.39 is 0 Å². The molecule has 0 radical (unpaired) electrons. The van der Waals surface area contributed by atoms with E-state index in [-0.39, 0.29) is 5.91 Å². The first kappa shape index (κ1) is 13.1. The van der Waals surface area contributed by atoms with Gasteiger partial charge in [0.1, 0.15) is 0 Å². The number of nitrogens with two attached hydrogens (primary N) is 1. The van der Waals surface area contributed by atoms with E-state index in [4.69, 9.17) is 10.5 Å². The summed E-state index contributed by atoms with van der Waals surface area (Å²) in [6.45, 7) is 3.66. The molecule has 1 aromatic carbocycles. The Hall–Kier alpha value is -1.39. The molecule has 1 atom stereocenters. The van der Waals surface area contributed by atoms with Crippen LogP contribution in [0.5, 0.6) is 0 Å². The van der Waals surface area contributed by atoms with Crippen LogP contribution in [0.25, 0.3) is 0 Å². The highest BCUT2D eigenvalue weighted by Gasteiger charge is 2.14. The number of carbonyl (C=O) groups excluding carboxylic acids is 1. The van der Waals surface area contributed by atoms with E-state index in [0.717, 1.165) is 32.2 Å².